The van der Waals surface area contributed by atoms with Gasteiger partial charge in [-0.3, -0.25) is 19.8 Å². The van der Waals surface area contributed by atoms with E-state index in [1.807, 2.05) is 70.5 Å². The molecule has 1 saturated heterocycles. The Morgan fingerprint density at radius 1 is 1.11 bits per heavy atom. The molecule has 5 rings (SSSR count). The molecule has 0 bridgehead atoms. The van der Waals surface area contributed by atoms with Gasteiger partial charge in [0.25, 0.3) is 5.91 Å². The molecule has 8 nitrogen and oxygen atoms in total. The molecule has 2 aliphatic rings. The van der Waals surface area contributed by atoms with E-state index in [1.54, 1.807) is 28.0 Å². The van der Waals surface area contributed by atoms with Crippen molar-refractivity contribution in [3.05, 3.63) is 81.0 Å². The number of likely N-dealkylation sites (tertiary alicyclic amines) is 1. The molecule has 1 fully saturated rings. The number of thiophene rings is 1. The quantitative estimate of drug-likeness (QED) is 0.185. The van der Waals surface area contributed by atoms with E-state index in [4.69, 9.17) is 5.41 Å². The molecule has 3 aromatic rings. The zero-order chi connectivity index (χ0) is 32.8. The first-order chi connectivity index (χ1) is 21.2. The Bertz CT molecular complexity index is 1410. The summed E-state index contributed by atoms with van der Waals surface area (Å²) in [6.07, 6.45) is 6.23. The molecule has 3 atom stereocenters. The lowest BCUT2D eigenvalue weighted by Gasteiger charge is -2.25. The third-order valence-corrected chi connectivity index (χ3v) is 8.54. The molecule has 44 heavy (non-hydrogen) atoms. The largest absolute Gasteiger partial charge is 0.390 e. The van der Waals surface area contributed by atoms with Crippen LogP contribution in [0.5, 0.6) is 0 Å². The van der Waals surface area contributed by atoms with Crippen LogP contribution in [0.15, 0.2) is 53.9 Å². The third-order valence-electron chi connectivity index (χ3n) is 7.31. The van der Waals surface area contributed by atoms with Gasteiger partial charge in [0.15, 0.2) is 0 Å². The minimum atomic E-state index is -0.503. The van der Waals surface area contributed by atoms with Crippen LogP contribution in [0, 0.1) is 12.3 Å². The molecule has 0 saturated carbocycles. The van der Waals surface area contributed by atoms with Gasteiger partial charge in [-0.2, -0.15) is 11.8 Å². The van der Waals surface area contributed by atoms with Crippen LogP contribution >= 0.6 is 23.1 Å². The Morgan fingerprint density at radius 2 is 1.75 bits per heavy atom. The highest BCUT2D eigenvalue weighted by Crippen LogP contribution is 2.44. The summed E-state index contributed by atoms with van der Waals surface area (Å²) >= 11 is 3.37. The van der Waals surface area contributed by atoms with Crippen LogP contribution in [-0.2, 0) is 9.59 Å². The molecule has 10 heteroatoms. The van der Waals surface area contributed by atoms with Gasteiger partial charge in [0.1, 0.15) is 6.04 Å². The minimum absolute atomic E-state index is 0.109. The van der Waals surface area contributed by atoms with Crippen molar-refractivity contribution < 1.29 is 14.4 Å². The number of rotatable bonds is 6. The molecular weight excluding hydrogens is 591 g/mol. The Hall–Kier alpha value is -3.63. The smallest absolute Gasteiger partial charge is 0.251 e. The topological polar surface area (TPSA) is 128 Å². The van der Waals surface area contributed by atoms with Gasteiger partial charge in [0.05, 0.1) is 18.9 Å². The van der Waals surface area contributed by atoms with Gasteiger partial charge in [-0.25, -0.2) is 0 Å². The van der Waals surface area contributed by atoms with Crippen molar-refractivity contribution in [2.45, 2.75) is 65.5 Å². The van der Waals surface area contributed by atoms with Crippen LogP contribution in [-0.4, -0.2) is 60.6 Å². The monoisotopic (exact) mass is 637 g/mol. The number of hydrogen-bond acceptors (Lipinski definition) is 6. The number of nitrogens with two attached hydrogens (primary N) is 1. The van der Waals surface area contributed by atoms with Crippen molar-refractivity contribution in [3.63, 3.8) is 0 Å². The highest BCUT2D eigenvalue weighted by molar-refractivity contribution is 7.97. The maximum Gasteiger partial charge on any atom is 0.251 e. The van der Waals surface area contributed by atoms with E-state index < -0.39 is 6.04 Å². The first-order valence-electron chi connectivity index (χ1n) is 14.9. The number of nitrogens with one attached hydrogen (secondary N) is 3. The Balaban J connectivity index is 0.000000768. The highest BCUT2D eigenvalue weighted by atomic mass is 32.2. The molecule has 2 heterocycles. The van der Waals surface area contributed by atoms with Crippen molar-refractivity contribution in [2.75, 3.05) is 25.6 Å². The molecule has 3 amide bonds. The molecule has 1 aromatic heterocycles. The fraction of sp³-hybridized carbons (Fsp3) is 0.412. The summed E-state index contributed by atoms with van der Waals surface area (Å²) in [4.78, 5) is 41.5. The van der Waals surface area contributed by atoms with E-state index in [1.165, 1.54) is 16.7 Å². The van der Waals surface area contributed by atoms with Gasteiger partial charge in [-0.1, -0.05) is 51.1 Å². The van der Waals surface area contributed by atoms with E-state index in [-0.39, 0.29) is 36.2 Å². The van der Waals surface area contributed by atoms with Gasteiger partial charge >= 0.3 is 0 Å². The molecule has 0 radical (unpaired) electrons. The molecule has 0 spiro atoms. The number of nitrogens with zero attached hydrogens (tertiary/aromatic N) is 1. The Labute approximate surface area is 270 Å². The third kappa shape index (κ3) is 9.19. The number of carbonyl (C=O) groups is 3. The van der Waals surface area contributed by atoms with E-state index in [0.29, 0.717) is 18.5 Å². The molecule has 1 aliphatic carbocycles. The van der Waals surface area contributed by atoms with Crippen LogP contribution in [0.3, 0.4) is 0 Å². The zero-order valence-electron chi connectivity index (χ0n) is 26.9. The minimum Gasteiger partial charge on any atom is -0.390 e. The van der Waals surface area contributed by atoms with Gasteiger partial charge in [0, 0.05) is 22.9 Å². The summed E-state index contributed by atoms with van der Waals surface area (Å²) in [6.45, 7) is 10.5. The lowest BCUT2D eigenvalue weighted by molar-refractivity contribution is -0.137. The van der Waals surface area contributed by atoms with Crippen molar-refractivity contribution in [1.82, 2.24) is 15.5 Å². The summed E-state index contributed by atoms with van der Waals surface area (Å²) in [5.41, 5.74) is 10.9. The second kappa shape index (κ2) is 18.2. The average molecular weight is 638 g/mol. The van der Waals surface area contributed by atoms with Gasteiger partial charge < -0.3 is 21.3 Å². The van der Waals surface area contributed by atoms with Crippen LogP contribution in [0.25, 0.3) is 11.1 Å². The average Bonchev–Trinajstić information content (AvgIpc) is 3.76. The van der Waals surface area contributed by atoms with Crippen molar-refractivity contribution >= 4 is 47.2 Å². The second-order valence-electron chi connectivity index (χ2n) is 10.4. The number of carbonyl (C=O) groups excluding carboxylic acids is 3. The second-order valence-corrected chi connectivity index (χ2v) is 12.1. The maximum atomic E-state index is 13.0. The number of thioether (sulfide) groups is 1. The van der Waals surface area contributed by atoms with Crippen molar-refractivity contribution in [2.24, 2.45) is 5.73 Å². The Morgan fingerprint density at radius 3 is 2.39 bits per heavy atom. The lowest BCUT2D eigenvalue weighted by Crippen LogP contribution is -2.49. The molecule has 5 N–H and O–H groups in total. The van der Waals surface area contributed by atoms with Crippen molar-refractivity contribution in [1.29, 1.82) is 5.41 Å². The van der Waals surface area contributed by atoms with Gasteiger partial charge in [-0.05, 0) is 90.6 Å². The van der Waals surface area contributed by atoms with E-state index >= 15 is 0 Å². The first kappa shape index (κ1) is 36.6. The summed E-state index contributed by atoms with van der Waals surface area (Å²) in [5, 5.41) is 13.7. The predicted molar refractivity (Wildman–Crippen MR) is 186 cm³/mol. The molecule has 2 aromatic carbocycles. The molecule has 2 unspecified atom stereocenters. The lowest BCUT2D eigenvalue weighted by atomic mass is 9.97. The van der Waals surface area contributed by atoms with E-state index in [0.717, 1.165) is 28.8 Å². The molecular formula is C34H47N5O3S2. The van der Waals surface area contributed by atoms with Crippen LogP contribution < -0.4 is 16.4 Å². The summed E-state index contributed by atoms with van der Waals surface area (Å²) in [7, 11) is 0. The van der Waals surface area contributed by atoms with Crippen LogP contribution in [0.4, 0.5) is 0 Å². The SMILES string of the molecule is CC.CSC.Cc1csc([C@@H](C)NC(=O)C2CCCN2C(=O)CNC(=O)c2ccc3c(c2)C(C)c2ccccc2-3)c1.N=CN. The molecule has 238 valence electrons. The maximum absolute atomic E-state index is 13.0. The van der Waals surface area contributed by atoms with E-state index in [9.17, 15) is 14.4 Å². The fourth-order valence-corrected chi connectivity index (χ4v) is 6.26. The highest BCUT2D eigenvalue weighted by Gasteiger charge is 2.35. The fourth-order valence-electron chi connectivity index (χ4n) is 5.35. The number of hydrogen-bond donors (Lipinski definition) is 4. The summed E-state index contributed by atoms with van der Waals surface area (Å²) in [5.74, 6) is -0.438. The van der Waals surface area contributed by atoms with Crippen LogP contribution in [0.1, 0.15) is 84.4 Å². The standard InChI is InChI=1S/C29H31N3O3S.C2H6S.C2H6.CH4N2/c1-17-13-26(36-16-17)19(3)31-29(35)25-9-6-12-32(25)27(33)15-30-28(34)20-10-11-23-22-8-5-4-7-21(22)18(2)24(23)14-20;1-3-2;1-2;2-1-3/h4-5,7-8,10-11,13-14,16,18-19,25H,6,9,12,15H2,1-3H3,(H,30,34)(H,31,35);1-2H3;1-2H3;1H,(H3,2,3)/t18?,19-,25?;;;/m1.../s1. The number of fused-ring (bicyclic) bond motifs is 3. The van der Waals surface area contributed by atoms with E-state index in [2.05, 4.69) is 46.9 Å². The Kier molecular flexibility index (Phi) is 15.2. The zero-order valence-corrected chi connectivity index (χ0v) is 28.5. The number of aryl methyl sites for hydroxylation is 1. The summed E-state index contributed by atoms with van der Waals surface area (Å²) in [6, 6.07) is 15.5. The van der Waals surface area contributed by atoms with Crippen LogP contribution in [0.2, 0.25) is 0 Å². The van der Waals surface area contributed by atoms with Crippen molar-refractivity contribution in [3.8, 4) is 11.1 Å². The van der Waals surface area contributed by atoms with Gasteiger partial charge in [-0.15, -0.1) is 11.3 Å². The molecule has 1 aliphatic heterocycles. The summed E-state index contributed by atoms with van der Waals surface area (Å²) < 4.78 is 0. The predicted octanol–water partition coefficient (Wildman–Crippen LogP) is 6.34. The van der Waals surface area contributed by atoms with Gasteiger partial charge in [0.2, 0.25) is 11.8 Å². The first-order valence-corrected chi connectivity index (χ1v) is 17.4. The number of amides is 3. The normalized spacial score (nSPS) is 16.3. The number of benzene rings is 2.